The minimum atomic E-state index is -0.376. The Bertz CT molecular complexity index is 883. The molecule has 0 fully saturated rings. The van der Waals surface area contributed by atoms with Gasteiger partial charge in [-0.3, -0.25) is 9.59 Å². The van der Waals surface area contributed by atoms with Crippen LogP contribution in [0.25, 0.3) is 0 Å². The SMILES string of the molecule is O=C1C(=O)C2C=CC(=CC2)CCc2ccc(cc2)CCc2ccc1cc2. The van der Waals surface area contributed by atoms with E-state index in [0.29, 0.717) is 12.0 Å². The fourth-order valence-electron chi connectivity index (χ4n) is 3.63. The average Bonchev–Trinajstić information content (AvgIpc) is 2.71. The van der Waals surface area contributed by atoms with Crippen LogP contribution in [0.3, 0.4) is 0 Å². The van der Waals surface area contributed by atoms with Crippen molar-refractivity contribution in [3.8, 4) is 0 Å². The predicted octanol–water partition coefficient (Wildman–Crippen LogP) is 4.67. The van der Waals surface area contributed by atoms with Gasteiger partial charge in [-0.2, -0.15) is 0 Å². The van der Waals surface area contributed by atoms with Crippen molar-refractivity contribution in [3.05, 3.63) is 94.6 Å². The predicted molar refractivity (Wildman–Crippen MR) is 103 cm³/mol. The van der Waals surface area contributed by atoms with Gasteiger partial charge in [-0.25, -0.2) is 0 Å². The zero-order chi connectivity index (χ0) is 17.9. The van der Waals surface area contributed by atoms with Gasteiger partial charge < -0.3 is 0 Å². The maximum Gasteiger partial charge on any atom is 0.229 e. The first-order chi connectivity index (χ1) is 12.7. The van der Waals surface area contributed by atoms with Gasteiger partial charge in [0.2, 0.25) is 11.6 Å². The molecule has 0 amide bonds. The van der Waals surface area contributed by atoms with Crippen LogP contribution < -0.4 is 0 Å². The third-order valence-electron chi connectivity index (χ3n) is 5.38. The van der Waals surface area contributed by atoms with E-state index in [1.807, 2.05) is 24.3 Å². The Kier molecular flexibility index (Phi) is 4.66. The van der Waals surface area contributed by atoms with Crippen molar-refractivity contribution >= 4 is 11.6 Å². The van der Waals surface area contributed by atoms with Crippen LogP contribution in [0.1, 0.15) is 39.9 Å². The van der Waals surface area contributed by atoms with Gasteiger partial charge in [0.05, 0.1) is 0 Å². The van der Waals surface area contributed by atoms with Crippen molar-refractivity contribution in [1.29, 1.82) is 0 Å². The largest absolute Gasteiger partial charge is 0.290 e. The lowest BCUT2D eigenvalue weighted by Crippen LogP contribution is -2.23. The summed E-state index contributed by atoms with van der Waals surface area (Å²) in [5.41, 5.74) is 5.58. The summed E-state index contributed by atoms with van der Waals surface area (Å²) in [5.74, 6) is -1.01. The summed E-state index contributed by atoms with van der Waals surface area (Å²) < 4.78 is 0. The number of allylic oxidation sites excluding steroid dienone is 4. The highest BCUT2D eigenvalue weighted by molar-refractivity contribution is 6.44. The Morgan fingerprint density at radius 3 is 1.77 bits per heavy atom. The quantitative estimate of drug-likeness (QED) is 0.652. The molecule has 0 radical (unpaired) electrons. The van der Waals surface area contributed by atoms with Crippen molar-refractivity contribution in [1.82, 2.24) is 0 Å². The summed E-state index contributed by atoms with van der Waals surface area (Å²) in [6.07, 6.45) is 10.5. The van der Waals surface area contributed by atoms with Gasteiger partial charge in [0.25, 0.3) is 0 Å². The van der Waals surface area contributed by atoms with Crippen molar-refractivity contribution in [3.63, 3.8) is 0 Å². The highest BCUT2D eigenvalue weighted by Crippen LogP contribution is 2.23. The Morgan fingerprint density at radius 2 is 1.23 bits per heavy atom. The lowest BCUT2D eigenvalue weighted by Gasteiger charge is -2.15. The Hall–Kier alpha value is -2.74. The van der Waals surface area contributed by atoms with Crippen LogP contribution in [0.15, 0.2) is 72.3 Å². The Labute approximate surface area is 154 Å². The third-order valence-corrected chi connectivity index (χ3v) is 5.38. The number of fused-ring (bicyclic) bond motifs is 3. The lowest BCUT2D eigenvalue weighted by molar-refractivity contribution is -0.117. The van der Waals surface area contributed by atoms with E-state index in [-0.39, 0.29) is 17.5 Å². The topological polar surface area (TPSA) is 34.1 Å². The van der Waals surface area contributed by atoms with Crippen molar-refractivity contribution in [2.45, 2.75) is 32.1 Å². The molecule has 130 valence electrons. The monoisotopic (exact) mass is 342 g/mol. The lowest BCUT2D eigenvalue weighted by atomic mass is 9.87. The second-order valence-electron chi connectivity index (χ2n) is 7.19. The van der Waals surface area contributed by atoms with E-state index in [4.69, 9.17) is 0 Å². The van der Waals surface area contributed by atoms with Crippen LogP contribution in [0.4, 0.5) is 0 Å². The van der Waals surface area contributed by atoms with E-state index in [0.717, 1.165) is 25.7 Å². The van der Waals surface area contributed by atoms with E-state index in [9.17, 15) is 9.59 Å². The fourth-order valence-corrected chi connectivity index (χ4v) is 3.63. The van der Waals surface area contributed by atoms with E-state index in [1.54, 1.807) is 12.1 Å². The van der Waals surface area contributed by atoms with Gasteiger partial charge in [0.15, 0.2) is 0 Å². The second kappa shape index (κ2) is 7.25. The molecule has 6 bridgehead atoms. The molecule has 5 aliphatic rings. The number of rotatable bonds is 0. The number of Topliss-reactive ketones (excluding diaryl/α,β-unsaturated/α-hetero) is 2. The molecule has 2 aromatic carbocycles. The van der Waals surface area contributed by atoms with E-state index in [2.05, 4.69) is 30.3 Å². The molecule has 0 saturated carbocycles. The second-order valence-corrected chi connectivity index (χ2v) is 7.19. The molecule has 0 aromatic heterocycles. The summed E-state index contributed by atoms with van der Waals surface area (Å²) in [6.45, 7) is 0. The van der Waals surface area contributed by atoms with Gasteiger partial charge in [-0.05, 0) is 48.8 Å². The average molecular weight is 342 g/mol. The normalized spacial score (nSPS) is 20.2. The molecular formula is C24H22O2. The molecule has 0 spiro atoms. The van der Waals surface area contributed by atoms with Crippen molar-refractivity contribution in [2.75, 3.05) is 0 Å². The molecule has 26 heavy (non-hydrogen) atoms. The number of hydrogen-bond donors (Lipinski definition) is 0. The maximum absolute atomic E-state index is 12.5. The van der Waals surface area contributed by atoms with Crippen molar-refractivity contribution < 1.29 is 9.59 Å². The number of aryl methyl sites for hydroxylation is 3. The zero-order valence-electron chi connectivity index (χ0n) is 14.8. The zero-order valence-corrected chi connectivity index (χ0v) is 14.8. The first-order valence-electron chi connectivity index (χ1n) is 9.31. The highest BCUT2D eigenvalue weighted by atomic mass is 16.2. The number of hydrogen-bond acceptors (Lipinski definition) is 2. The molecule has 5 aliphatic carbocycles. The molecule has 0 heterocycles. The van der Waals surface area contributed by atoms with E-state index >= 15 is 0 Å². The Morgan fingerprint density at radius 1 is 0.692 bits per heavy atom. The van der Waals surface area contributed by atoms with Crippen LogP contribution in [0, 0.1) is 5.92 Å². The molecule has 7 rings (SSSR count). The standard InChI is InChI=1S/C24H22O2/c25-23-21-13-9-19(10-14-21)7-5-17-1-2-18(4-3-17)6-8-20-11-15-22(16-12-20)24(23)26/h1-4,9-15,22H,5-8,16H2. The third kappa shape index (κ3) is 3.60. The molecule has 1 unspecified atom stereocenters. The summed E-state index contributed by atoms with van der Waals surface area (Å²) in [5, 5.41) is 0. The van der Waals surface area contributed by atoms with Crippen LogP contribution in [0.5, 0.6) is 0 Å². The van der Waals surface area contributed by atoms with E-state index in [1.165, 1.54) is 22.3 Å². The van der Waals surface area contributed by atoms with Crippen molar-refractivity contribution in [2.24, 2.45) is 5.92 Å². The molecule has 0 aliphatic heterocycles. The fraction of sp³-hybridized carbons (Fsp3) is 0.250. The summed E-state index contributed by atoms with van der Waals surface area (Å²) >= 11 is 0. The molecular weight excluding hydrogens is 320 g/mol. The van der Waals surface area contributed by atoms with Crippen LogP contribution in [-0.4, -0.2) is 11.6 Å². The summed E-state index contributed by atoms with van der Waals surface area (Å²) in [4.78, 5) is 25.0. The molecule has 0 N–H and O–H groups in total. The molecule has 2 heteroatoms. The number of ketones is 2. The molecule has 2 aromatic rings. The summed E-state index contributed by atoms with van der Waals surface area (Å²) in [6, 6.07) is 16.4. The van der Waals surface area contributed by atoms with E-state index < -0.39 is 0 Å². The number of benzene rings is 2. The molecule has 0 saturated heterocycles. The van der Waals surface area contributed by atoms with Gasteiger partial charge >= 0.3 is 0 Å². The van der Waals surface area contributed by atoms with Gasteiger partial charge in [0.1, 0.15) is 0 Å². The van der Waals surface area contributed by atoms with Crippen LogP contribution in [-0.2, 0) is 24.1 Å². The minimum Gasteiger partial charge on any atom is -0.290 e. The van der Waals surface area contributed by atoms with Gasteiger partial charge in [0, 0.05) is 11.5 Å². The minimum absolute atomic E-state index is 0.305. The highest BCUT2D eigenvalue weighted by Gasteiger charge is 2.25. The Balaban J connectivity index is 1.65. The number of carbonyl (C=O) groups excluding carboxylic acids is 2. The first kappa shape index (κ1) is 16.7. The van der Waals surface area contributed by atoms with Gasteiger partial charge in [-0.15, -0.1) is 0 Å². The number of carbonyl (C=O) groups is 2. The maximum atomic E-state index is 12.5. The van der Waals surface area contributed by atoms with Crippen LogP contribution in [0.2, 0.25) is 0 Å². The first-order valence-corrected chi connectivity index (χ1v) is 9.31. The van der Waals surface area contributed by atoms with Crippen LogP contribution >= 0.6 is 0 Å². The molecule has 1 atom stereocenters. The smallest absolute Gasteiger partial charge is 0.229 e. The van der Waals surface area contributed by atoms with Gasteiger partial charge in [-0.1, -0.05) is 72.3 Å². The summed E-state index contributed by atoms with van der Waals surface area (Å²) in [7, 11) is 0. The molecule has 2 nitrogen and oxygen atoms in total.